The first kappa shape index (κ1) is 13.8. The zero-order chi connectivity index (χ0) is 15.5. The summed E-state index contributed by atoms with van der Waals surface area (Å²) in [6.07, 6.45) is 3.68. The average molecular weight is 322 g/mol. The van der Waals surface area contributed by atoms with Gasteiger partial charge in [0, 0.05) is 12.3 Å². The predicted molar refractivity (Wildman–Crippen MR) is 90.7 cm³/mol. The van der Waals surface area contributed by atoms with Gasteiger partial charge >= 0.3 is 0 Å². The van der Waals surface area contributed by atoms with Gasteiger partial charge in [0.1, 0.15) is 5.82 Å². The molecule has 0 atom stereocenters. The molecule has 0 aliphatic carbocycles. The molecule has 3 aromatic heterocycles. The van der Waals surface area contributed by atoms with E-state index in [2.05, 4.69) is 15.4 Å². The monoisotopic (exact) mass is 322 g/mol. The molecule has 5 nitrogen and oxygen atoms in total. The third kappa shape index (κ3) is 3.02. The normalized spacial score (nSPS) is 10.8. The fraction of sp³-hybridized carbons (Fsp3) is 0.0588. The topological polar surface area (TPSA) is 55.9 Å². The number of aromatic nitrogens is 3. The van der Waals surface area contributed by atoms with E-state index in [1.54, 1.807) is 17.5 Å². The maximum Gasteiger partial charge on any atom is 0.214 e. The van der Waals surface area contributed by atoms with Gasteiger partial charge in [0.15, 0.2) is 5.76 Å². The van der Waals surface area contributed by atoms with Gasteiger partial charge in [0.2, 0.25) is 5.89 Å². The summed E-state index contributed by atoms with van der Waals surface area (Å²) in [5.41, 5.74) is 1.02. The van der Waals surface area contributed by atoms with E-state index in [9.17, 15) is 0 Å². The van der Waals surface area contributed by atoms with Crippen molar-refractivity contribution in [3.05, 3.63) is 72.2 Å². The lowest BCUT2D eigenvalue weighted by molar-refractivity contribution is 0.516. The Hall–Kier alpha value is -2.86. The van der Waals surface area contributed by atoms with Crippen molar-refractivity contribution in [2.75, 3.05) is 5.32 Å². The number of benzene rings is 1. The molecule has 4 rings (SSSR count). The van der Waals surface area contributed by atoms with Crippen LogP contribution < -0.4 is 5.32 Å². The Labute approximate surface area is 137 Å². The lowest BCUT2D eigenvalue weighted by atomic mass is 10.3. The maximum absolute atomic E-state index is 5.74. The van der Waals surface area contributed by atoms with Crippen molar-refractivity contribution in [2.24, 2.45) is 0 Å². The lowest BCUT2D eigenvalue weighted by Crippen LogP contribution is -2.01. The van der Waals surface area contributed by atoms with Crippen LogP contribution >= 0.6 is 11.3 Å². The van der Waals surface area contributed by atoms with Crippen LogP contribution in [0.2, 0.25) is 0 Å². The zero-order valence-corrected chi connectivity index (χ0v) is 13.0. The SMILES string of the molecule is c1ccc(-n2ccc(NCc3ncc(-c4cccs4)o3)n2)cc1. The Bertz CT molecular complexity index is 880. The quantitative estimate of drug-likeness (QED) is 0.598. The summed E-state index contributed by atoms with van der Waals surface area (Å²) in [6, 6.07) is 15.9. The molecule has 0 saturated heterocycles. The number of thiophene rings is 1. The highest BCUT2D eigenvalue weighted by atomic mass is 32.1. The molecular formula is C17H14N4OS. The molecule has 0 spiro atoms. The maximum atomic E-state index is 5.74. The van der Waals surface area contributed by atoms with E-state index in [1.807, 2.05) is 64.8 Å². The Morgan fingerprint density at radius 2 is 2.00 bits per heavy atom. The summed E-state index contributed by atoms with van der Waals surface area (Å²) < 4.78 is 7.57. The highest BCUT2D eigenvalue weighted by molar-refractivity contribution is 7.13. The highest BCUT2D eigenvalue weighted by Gasteiger charge is 2.08. The van der Waals surface area contributed by atoms with Crippen LogP contribution in [0.3, 0.4) is 0 Å². The molecule has 114 valence electrons. The van der Waals surface area contributed by atoms with Crippen LogP contribution in [0.15, 0.2) is 70.7 Å². The van der Waals surface area contributed by atoms with Gasteiger partial charge in [0.05, 0.1) is 23.3 Å². The van der Waals surface area contributed by atoms with Gasteiger partial charge in [-0.3, -0.25) is 0 Å². The van der Waals surface area contributed by atoms with E-state index in [4.69, 9.17) is 4.42 Å². The third-order valence-corrected chi connectivity index (χ3v) is 4.23. The van der Waals surface area contributed by atoms with Gasteiger partial charge in [-0.05, 0) is 23.6 Å². The Balaban J connectivity index is 1.43. The molecule has 0 aliphatic heterocycles. The molecule has 0 radical (unpaired) electrons. The fourth-order valence-electron chi connectivity index (χ4n) is 2.23. The zero-order valence-electron chi connectivity index (χ0n) is 12.2. The minimum absolute atomic E-state index is 0.497. The Kier molecular flexibility index (Phi) is 3.65. The molecule has 0 amide bonds. The molecule has 1 aromatic carbocycles. The summed E-state index contributed by atoms with van der Waals surface area (Å²) in [6.45, 7) is 0.497. The molecule has 1 N–H and O–H groups in total. The van der Waals surface area contributed by atoms with E-state index in [-0.39, 0.29) is 0 Å². The number of anilines is 1. The van der Waals surface area contributed by atoms with Crippen molar-refractivity contribution < 1.29 is 4.42 Å². The first-order valence-corrected chi connectivity index (χ1v) is 8.10. The number of rotatable bonds is 5. The van der Waals surface area contributed by atoms with Crippen LogP contribution in [-0.4, -0.2) is 14.8 Å². The first-order valence-electron chi connectivity index (χ1n) is 7.22. The van der Waals surface area contributed by atoms with Gasteiger partial charge in [-0.1, -0.05) is 24.3 Å². The molecule has 4 aromatic rings. The van der Waals surface area contributed by atoms with E-state index in [1.165, 1.54) is 0 Å². The molecule has 0 bridgehead atoms. The largest absolute Gasteiger partial charge is 0.438 e. The summed E-state index contributed by atoms with van der Waals surface area (Å²) in [5, 5.41) is 9.74. The fourth-order valence-corrected chi connectivity index (χ4v) is 2.90. The predicted octanol–water partition coefficient (Wildman–Crippen LogP) is 4.20. The van der Waals surface area contributed by atoms with Crippen LogP contribution in [0.1, 0.15) is 5.89 Å². The first-order chi connectivity index (χ1) is 11.4. The van der Waals surface area contributed by atoms with Crippen LogP contribution in [0, 0.1) is 0 Å². The molecule has 0 saturated carbocycles. The number of oxazole rings is 1. The molecule has 6 heteroatoms. The molecule has 0 unspecified atom stereocenters. The number of nitrogens with one attached hydrogen (secondary N) is 1. The molecule has 0 aliphatic rings. The molecular weight excluding hydrogens is 308 g/mol. The average Bonchev–Trinajstić information content (AvgIpc) is 3.33. The van der Waals surface area contributed by atoms with Crippen LogP contribution in [0.5, 0.6) is 0 Å². The van der Waals surface area contributed by atoms with E-state index in [0.29, 0.717) is 12.4 Å². The van der Waals surface area contributed by atoms with Gasteiger partial charge in [-0.2, -0.15) is 5.10 Å². The van der Waals surface area contributed by atoms with Gasteiger partial charge < -0.3 is 9.73 Å². The van der Waals surface area contributed by atoms with Crippen molar-refractivity contribution >= 4 is 17.2 Å². The molecule has 0 fully saturated rings. The van der Waals surface area contributed by atoms with Gasteiger partial charge in [-0.25, -0.2) is 9.67 Å². The van der Waals surface area contributed by atoms with Gasteiger partial charge in [-0.15, -0.1) is 11.3 Å². The second-order valence-corrected chi connectivity index (χ2v) is 5.88. The van der Waals surface area contributed by atoms with E-state index in [0.717, 1.165) is 22.1 Å². The minimum Gasteiger partial charge on any atom is -0.438 e. The third-order valence-electron chi connectivity index (χ3n) is 3.35. The van der Waals surface area contributed by atoms with Crippen LogP contribution in [-0.2, 0) is 6.54 Å². The van der Waals surface area contributed by atoms with Crippen molar-refractivity contribution in [3.63, 3.8) is 0 Å². The van der Waals surface area contributed by atoms with Crippen molar-refractivity contribution in [1.82, 2.24) is 14.8 Å². The molecule has 3 heterocycles. The van der Waals surface area contributed by atoms with E-state index < -0.39 is 0 Å². The molecule has 23 heavy (non-hydrogen) atoms. The number of nitrogens with zero attached hydrogens (tertiary/aromatic N) is 3. The lowest BCUT2D eigenvalue weighted by Gasteiger charge is -2.01. The smallest absolute Gasteiger partial charge is 0.214 e. The second-order valence-electron chi connectivity index (χ2n) is 4.93. The standard InChI is InChI=1S/C17H14N4OS/c1-2-5-13(6-3-1)21-9-8-16(20-21)18-12-17-19-11-14(22-17)15-7-4-10-23-15/h1-11H,12H2,(H,18,20). The Morgan fingerprint density at radius 3 is 2.83 bits per heavy atom. The number of hydrogen-bond donors (Lipinski definition) is 1. The second kappa shape index (κ2) is 6.10. The van der Waals surface area contributed by atoms with Crippen molar-refractivity contribution in [1.29, 1.82) is 0 Å². The number of para-hydroxylation sites is 1. The summed E-state index contributed by atoms with van der Waals surface area (Å²) in [7, 11) is 0. The minimum atomic E-state index is 0.497. The van der Waals surface area contributed by atoms with Crippen LogP contribution in [0.4, 0.5) is 5.82 Å². The summed E-state index contributed by atoms with van der Waals surface area (Å²) in [5.74, 6) is 2.22. The van der Waals surface area contributed by atoms with E-state index >= 15 is 0 Å². The summed E-state index contributed by atoms with van der Waals surface area (Å²) in [4.78, 5) is 5.38. The number of hydrogen-bond acceptors (Lipinski definition) is 5. The van der Waals surface area contributed by atoms with Crippen molar-refractivity contribution in [3.8, 4) is 16.3 Å². The van der Waals surface area contributed by atoms with Crippen molar-refractivity contribution in [2.45, 2.75) is 6.54 Å². The Morgan fingerprint density at radius 1 is 1.09 bits per heavy atom. The van der Waals surface area contributed by atoms with Gasteiger partial charge in [0.25, 0.3) is 0 Å². The summed E-state index contributed by atoms with van der Waals surface area (Å²) >= 11 is 1.63. The highest BCUT2D eigenvalue weighted by Crippen LogP contribution is 2.25. The van der Waals surface area contributed by atoms with Crippen LogP contribution in [0.25, 0.3) is 16.3 Å².